The lowest BCUT2D eigenvalue weighted by Gasteiger charge is -2.31. The fourth-order valence-electron chi connectivity index (χ4n) is 2.25. The molecule has 0 unspecified atom stereocenters. The van der Waals surface area contributed by atoms with Gasteiger partial charge < -0.3 is 15.7 Å². The average molecular weight is 270 g/mol. The molecule has 0 atom stereocenters. The third-order valence-electron chi connectivity index (χ3n) is 3.46. The molecule has 1 aliphatic rings. The molecular formula is C13H16F2N2O2. The summed E-state index contributed by atoms with van der Waals surface area (Å²) in [6.07, 6.45) is 1.32. The number of likely N-dealkylation sites (tertiary alicyclic amines) is 1. The first kappa shape index (κ1) is 13.7. The molecule has 0 aliphatic carbocycles. The molecule has 0 radical (unpaired) electrons. The third kappa shape index (κ3) is 2.84. The van der Waals surface area contributed by atoms with Gasteiger partial charge in [0.25, 0.3) is 5.91 Å². The Labute approximate surface area is 109 Å². The second kappa shape index (κ2) is 5.52. The SMILES string of the molecule is Nc1cc(F)cc(C(=O)N2CCC(CO)CC2)c1F. The minimum absolute atomic E-state index is 0.0866. The molecule has 2 rings (SSSR count). The van der Waals surface area contributed by atoms with Crippen LogP contribution in [-0.4, -0.2) is 35.6 Å². The molecule has 0 saturated carbocycles. The van der Waals surface area contributed by atoms with Crippen LogP contribution in [0.3, 0.4) is 0 Å². The van der Waals surface area contributed by atoms with E-state index in [0.29, 0.717) is 25.9 Å². The molecular weight excluding hydrogens is 254 g/mol. The predicted octanol–water partition coefficient (Wildman–Crippen LogP) is 1.39. The van der Waals surface area contributed by atoms with Crippen LogP contribution in [0.15, 0.2) is 12.1 Å². The van der Waals surface area contributed by atoms with Gasteiger partial charge in [-0.3, -0.25) is 4.79 Å². The molecule has 0 spiro atoms. The summed E-state index contributed by atoms with van der Waals surface area (Å²) in [7, 11) is 0. The van der Waals surface area contributed by atoms with E-state index in [1.54, 1.807) is 0 Å². The van der Waals surface area contributed by atoms with Gasteiger partial charge in [0.05, 0.1) is 11.3 Å². The van der Waals surface area contributed by atoms with Crippen molar-refractivity contribution in [1.82, 2.24) is 4.90 Å². The molecule has 1 saturated heterocycles. The Kier molecular flexibility index (Phi) is 3.99. The lowest BCUT2D eigenvalue weighted by atomic mass is 9.97. The Morgan fingerprint density at radius 3 is 2.58 bits per heavy atom. The fourth-order valence-corrected chi connectivity index (χ4v) is 2.25. The number of halogens is 2. The zero-order valence-electron chi connectivity index (χ0n) is 10.4. The topological polar surface area (TPSA) is 66.6 Å². The number of hydrogen-bond acceptors (Lipinski definition) is 3. The molecule has 1 aromatic rings. The minimum atomic E-state index is -0.879. The molecule has 0 aromatic heterocycles. The Hall–Kier alpha value is -1.69. The number of carbonyl (C=O) groups excluding carboxylic acids is 1. The summed E-state index contributed by atoms with van der Waals surface area (Å²) in [6.45, 7) is 0.948. The zero-order chi connectivity index (χ0) is 14.0. The number of carbonyl (C=O) groups is 1. The van der Waals surface area contributed by atoms with E-state index in [4.69, 9.17) is 10.8 Å². The number of anilines is 1. The number of rotatable bonds is 2. The van der Waals surface area contributed by atoms with Gasteiger partial charge in [-0.15, -0.1) is 0 Å². The van der Waals surface area contributed by atoms with E-state index in [1.807, 2.05) is 0 Å². The largest absolute Gasteiger partial charge is 0.396 e. The lowest BCUT2D eigenvalue weighted by molar-refractivity contribution is 0.0646. The van der Waals surface area contributed by atoms with Gasteiger partial charge in [0.1, 0.15) is 5.82 Å². The van der Waals surface area contributed by atoms with Gasteiger partial charge in [0.2, 0.25) is 0 Å². The van der Waals surface area contributed by atoms with E-state index < -0.39 is 17.5 Å². The van der Waals surface area contributed by atoms with Gasteiger partial charge >= 0.3 is 0 Å². The molecule has 1 aromatic carbocycles. The Morgan fingerprint density at radius 1 is 1.37 bits per heavy atom. The predicted molar refractivity (Wildman–Crippen MR) is 66.5 cm³/mol. The van der Waals surface area contributed by atoms with Crippen LogP contribution in [0, 0.1) is 17.6 Å². The van der Waals surface area contributed by atoms with Crippen LogP contribution in [0.1, 0.15) is 23.2 Å². The maximum Gasteiger partial charge on any atom is 0.257 e. The van der Waals surface area contributed by atoms with Crippen molar-refractivity contribution < 1.29 is 18.7 Å². The van der Waals surface area contributed by atoms with Crippen molar-refractivity contribution in [3.63, 3.8) is 0 Å². The summed E-state index contributed by atoms with van der Waals surface area (Å²) < 4.78 is 27.0. The van der Waals surface area contributed by atoms with Crippen molar-refractivity contribution >= 4 is 11.6 Å². The smallest absolute Gasteiger partial charge is 0.257 e. The van der Waals surface area contributed by atoms with E-state index >= 15 is 0 Å². The standard InChI is InChI=1S/C13H16F2N2O2/c14-9-5-10(12(15)11(16)6-9)13(19)17-3-1-8(7-18)2-4-17/h5-6,8,18H,1-4,7,16H2. The number of aliphatic hydroxyl groups excluding tert-OH is 1. The highest BCUT2D eigenvalue weighted by Crippen LogP contribution is 2.22. The van der Waals surface area contributed by atoms with Gasteiger partial charge in [-0.05, 0) is 30.9 Å². The van der Waals surface area contributed by atoms with Gasteiger partial charge in [-0.1, -0.05) is 0 Å². The molecule has 19 heavy (non-hydrogen) atoms. The highest BCUT2D eigenvalue weighted by Gasteiger charge is 2.26. The normalized spacial score (nSPS) is 16.7. The molecule has 104 valence electrons. The highest BCUT2D eigenvalue weighted by molar-refractivity contribution is 5.95. The number of amides is 1. The van der Waals surface area contributed by atoms with Crippen LogP contribution in [0.4, 0.5) is 14.5 Å². The molecule has 6 heteroatoms. The lowest BCUT2D eigenvalue weighted by Crippen LogP contribution is -2.39. The fraction of sp³-hybridized carbons (Fsp3) is 0.462. The first-order valence-electron chi connectivity index (χ1n) is 6.17. The molecule has 1 fully saturated rings. The van der Waals surface area contributed by atoms with Crippen LogP contribution < -0.4 is 5.73 Å². The number of nitrogens with zero attached hydrogens (tertiary/aromatic N) is 1. The van der Waals surface area contributed by atoms with Crippen LogP contribution in [0.2, 0.25) is 0 Å². The summed E-state index contributed by atoms with van der Waals surface area (Å²) in [6, 6.07) is 1.72. The molecule has 0 bridgehead atoms. The second-order valence-corrected chi connectivity index (χ2v) is 4.77. The first-order chi connectivity index (χ1) is 9.02. The minimum Gasteiger partial charge on any atom is -0.396 e. The van der Waals surface area contributed by atoms with Crippen LogP contribution in [0.25, 0.3) is 0 Å². The Bertz CT molecular complexity index is 486. The summed E-state index contributed by atoms with van der Waals surface area (Å²) in [5.74, 6) is -1.99. The number of benzene rings is 1. The van der Waals surface area contributed by atoms with Gasteiger partial charge in [0.15, 0.2) is 5.82 Å². The maximum atomic E-state index is 13.8. The number of hydrogen-bond donors (Lipinski definition) is 2. The first-order valence-corrected chi connectivity index (χ1v) is 6.17. The van der Waals surface area contributed by atoms with E-state index in [9.17, 15) is 13.6 Å². The highest BCUT2D eigenvalue weighted by atomic mass is 19.1. The Morgan fingerprint density at radius 2 is 2.00 bits per heavy atom. The maximum absolute atomic E-state index is 13.8. The number of nitrogen functional groups attached to an aromatic ring is 1. The van der Waals surface area contributed by atoms with Crippen molar-refractivity contribution in [3.8, 4) is 0 Å². The summed E-state index contributed by atoms with van der Waals surface area (Å²) in [5.41, 5.74) is 4.61. The van der Waals surface area contributed by atoms with E-state index in [0.717, 1.165) is 12.1 Å². The molecule has 4 nitrogen and oxygen atoms in total. The van der Waals surface area contributed by atoms with E-state index in [2.05, 4.69) is 0 Å². The van der Waals surface area contributed by atoms with Crippen molar-refractivity contribution in [2.24, 2.45) is 5.92 Å². The van der Waals surface area contributed by atoms with Gasteiger partial charge in [-0.2, -0.15) is 0 Å². The second-order valence-electron chi connectivity index (χ2n) is 4.77. The molecule has 3 N–H and O–H groups in total. The van der Waals surface area contributed by atoms with E-state index in [-0.39, 0.29) is 23.8 Å². The summed E-state index contributed by atoms with van der Waals surface area (Å²) >= 11 is 0. The zero-order valence-corrected chi connectivity index (χ0v) is 10.4. The average Bonchev–Trinajstić information content (AvgIpc) is 2.42. The van der Waals surface area contributed by atoms with Crippen molar-refractivity contribution in [3.05, 3.63) is 29.3 Å². The quantitative estimate of drug-likeness (QED) is 0.798. The Balaban J connectivity index is 2.17. The van der Waals surface area contributed by atoms with Crippen LogP contribution in [0.5, 0.6) is 0 Å². The monoisotopic (exact) mass is 270 g/mol. The molecule has 1 heterocycles. The van der Waals surface area contributed by atoms with Crippen LogP contribution in [-0.2, 0) is 0 Å². The number of piperidine rings is 1. The van der Waals surface area contributed by atoms with Crippen molar-refractivity contribution in [2.45, 2.75) is 12.8 Å². The summed E-state index contributed by atoms with van der Waals surface area (Å²) in [5, 5.41) is 9.02. The van der Waals surface area contributed by atoms with Crippen molar-refractivity contribution in [2.75, 3.05) is 25.4 Å². The number of aliphatic hydroxyl groups is 1. The van der Waals surface area contributed by atoms with Gasteiger partial charge in [-0.25, -0.2) is 8.78 Å². The third-order valence-corrected chi connectivity index (χ3v) is 3.46. The molecule has 1 amide bonds. The van der Waals surface area contributed by atoms with Crippen LogP contribution >= 0.6 is 0 Å². The van der Waals surface area contributed by atoms with E-state index in [1.165, 1.54) is 4.90 Å². The van der Waals surface area contributed by atoms with Crippen molar-refractivity contribution in [1.29, 1.82) is 0 Å². The summed E-state index contributed by atoms with van der Waals surface area (Å²) in [4.78, 5) is 13.6. The number of nitrogens with two attached hydrogens (primary N) is 1. The molecule has 1 aliphatic heterocycles. The van der Waals surface area contributed by atoms with Gasteiger partial charge in [0, 0.05) is 19.7 Å².